The first kappa shape index (κ1) is 14.2. The van der Waals surface area contributed by atoms with E-state index in [-0.39, 0.29) is 5.41 Å². The molecule has 5 heteroatoms. The van der Waals surface area contributed by atoms with Gasteiger partial charge in [0, 0.05) is 0 Å². The second-order valence-corrected chi connectivity index (χ2v) is 6.63. The second kappa shape index (κ2) is 4.76. The summed E-state index contributed by atoms with van der Waals surface area (Å²) >= 11 is 0. The molecule has 0 fully saturated rings. The van der Waals surface area contributed by atoms with Gasteiger partial charge in [-0.3, -0.25) is 4.55 Å². The molecule has 1 aromatic rings. The second-order valence-electron chi connectivity index (χ2n) is 5.14. The van der Waals surface area contributed by atoms with Crippen molar-refractivity contribution in [1.82, 2.24) is 0 Å². The number of aliphatic hydroxyl groups is 1. The molecule has 0 saturated heterocycles. The molecule has 0 spiro atoms. The molecule has 0 aliphatic carbocycles. The van der Waals surface area contributed by atoms with Crippen molar-refractivity contribution in [2.75, 3.05) is 5.75 Å². The van der Waals surface area contributed by atoms with Gasteiger partial charge in [0.25, 0.3) is 10.1 Å². The van der Waals surface area contributed by atoms with Gasteiger partial charge < -0.3 is 5.11 Å². The molecule has 0 aromatic heterocycles. The number of benzene rings is 1. The molecular weight excluding hydrogens is 240 g/mol. The van der Waals surface area contributed by atoms with E-state index in [4.69, 9.17) is 4.55 Å². The Hall–Kier alpha value is -0.910. The Morgan fingerprint density at radius 1 is 1.18 bits per heavy atom. The quantitative estimate of drug-likeness (QED) is 0.812. The monoisotopic (exact) mass is 258 g/mol. The first-order chi connectivity index (χ1) is 7.59. The number of rotatable bonds is 3. The lowest BCUT2D eigenvalue weighted by Gasteiger charge is -2.19. The van der Waals surface area contributed by atoms with Crippen LogP contribution in [-0.4, -0.2) is 23.8 Å². The molecule has 96 valence electrons. The summed E-state index contributed by atoms with van der Waals surface area (Å²) in [6, 6.07) is 7.05. The van der Waals surface area contributed by atoms with E-state index in [2.05, 4.69) is 20.8 Å². The lowest BCUT2D eigenvalue weighted by Crippen LogP contribution is -2.14. The van der Waals surface area contributed by atoms with Crippen LogP contribution in [0.2, 0.25) is 0 Å². The van der Waals surface area contributed by atoms with Crippen LogP contribution in [-0.2, 0) is 15.5 Å². The van der Waals surface area contributed by atoms with Gasteiger partial charge >= 0.3 is 0 Å². The minimum Gasteiger partial charge on any atom is -0.387 e. The van der Waals surface area contributed by atoms with Crippen molar-refractivity contribution in [3.05, 3.63) is 35.4 Å². The maximum Gasteiger partial charge on any atom is 0.267 e. The van der Waals surface area contributed by atoms with Crippen LogP contribution in [0.3, 0.4) is 0 Å². The first-order valence-electron chi connectivity index (χ1n) is 5.33. The van der Waals surface area contributed by atoms with Gasteiger partial charge in [-0.25, -0.2) is 0 Å². The van der Waals surface area contributed by atoms with E-state index in [1.54, 1.807) is 12.1 Å². The van der Waals surface area contributed by atoms with Crippen molar-refractivity contribution in [3.63, 3.8) is 0 Å². The zero-order valence-corrected chi connectivity index (χ0v) is 11.0. The number of aliphatic hydroxyl groups excluding tert-OH is 1. The van der Waals surface area contributed by atoms with E-state index in [0.717, 1.165) is 5.56 Å². The first-order valence-corrected chi connectivity index (χ1v) is 6.94. The Balaban J connectivity index is 2.88. The zero-order valence-electron chi connectivity index (χ0n) is 10.2. The third kappa shape index (κ3) is 4.46. The van der Waals surface area contributed by atoms with E-state index in [1.165, 1.54) is 0 Å². The molecule has 2 N–H and O–H groups in total. The normalized spacial score (nSPS) is 14.6. The highest BCUT2D eigenvalue weighted by atomic mass is 32.2. The molecule has 1 aromatic carbocycles. The SMILES string of the molecule is CC(C)(C)c1ccc(C(O)CS(=O)(=O)O)cc1. The number of hydrogen-bond acceptors (Lipinski definition) is 3. The van der Waals surface area contributed by atoms with Gasteiger partial charge in [-0.15, -0.1) is 0 Å². The van der Waals surface area contributed by atoms with Gasteiger partial charge in [-0.2, -0.15) is 8.42 Å². The smallest absolute Gasteiger partial charge is 0.267 e. The summed E-state index contributed by atoms with van der Waals surface area (Å²) in [5, 5.41) is 9.61. The molecule has 0 bridgehead atoms. The van der Waals surface area contributed by atoms with Crippen molar-refractivity contribution in [2.24, 2.45) is 0 Å². The Bertz CT molecular complexity index is 468. The summed E-state index contributed by atoms with van der Waals surface area (Å²) in [5.74, 6) is -0.679. The van der Waals surface area contributed by atoms with Crippen LogP contribution in [0.4, 0.5) is 0 Å². The highest BCUT2D eigenvalue weighted by Crippen LogP contribution is 2.24. The van der Waals surface area contributed by atoms with E-state index in [1.807, 2.05) is 12.1 Å². The lowest BCUT2D eigenvalue weighted by molar-refractivity contribution is 0.199. The van der Waals surface area contributed by atoms with Crippen LogP contribution < -0.4 is 0 Å². The lowest BCUT2D eigenvalue weighted by atomic mass is 9.86. The van der Waals surface area contributed by atoms with E-state index in [9.17, 15) is 13.5 Å². The third-order valence-electron chi connectivity index (χ3n) is 2.53. The fourth-order valence-electron chi connectivity index (χ4n) is 1.50. The third-order valence-corrected chi connectivity index (χ3v) is 3.27. The van der Waals surface area contributed by atoms with Gasteiger partial charge in [-0.1, -0.05) is 45.0 Å². The van der Waals surface area contributed by atoms with Crippen LogP contribution in [0.25, 0.3) is 0 Å². The predicted molar refractivity (Wildman–Crippen MR) is 66.5 cm³/mol. The van der Waals surface area contributed by atoms with Gasteiger partial charge in [0.2, 0.25) is 0 Å². The van der Waals surface area contributed by atoms with Crippen LogP contribution in [0.15, 0.2) is 24.3 Å². The molecule has 1 unspecified atom stereocenters. The fraction of sp³-hybridized carbons (Fsp3) is 0.500. The van der Waals surface area contributed by atoms with Gasteiger partial charge in [0.05, 0.1) is 6.10 Å². The highest BCUT2D eigenvalue weighted by Gasteiger charge is 2.18. The molecule has 0 aliphatic rings. The molecule has 1 rings (SSSR count). The van der Waals surface area contributed by atoms with Crippen molar-refractivity contribution in [2.45, 2.75) is 32.3 Å². The Kier molecular flexibility index (Phi) is 3.96. The van der Waals surface area contributed by atoms with Gasteiger partial charge in [0.1, 0.15) is 5.75 Å². The molecule has 4 nitrogen and oxygen atoms in total. The van der Waals surface area contributed by atoms with E-state index >= 15 is 0 Å². The van der Waals surface area contributed by atoms with Crippen molar-refractivity contribution in [3.8, 4) is 0 Å². The molecular formula is C12H18O4S. The van der Waals surface area contributed by atoms with Crippen molar-refractivity contribution >= 4 is 10.1 Å². The van der Waals surface area contributed by atoms with Crippen LogP contribution >= 0.6 is 0 Å². The maximum absolute atomic E-state index is 10.6. The minimum atomic E-state index is -4.16. The maximum atomic E-state index is 10.6. The van der Waals surface area contributed by atoms with Crippen LogP contribution in [0, 0.1) is 0 Å². The Labute approximate surface area is 102 Å². The van der Waals surface area contributed by atoms with Gasteiger partial charge in [0.15, 0.2) is 0 Å². The zero-order chi connectivity index (χ0) is 13.3. The summed E-state index contributed by atoms with van der Waals surface area (Å²) in [7, 11) is -4.16. The molecule has 0 aliphatic heterocycles. The van der Waals surface area contributed by atoms with E-state index in [0.29, 0.717) is 5.56 Å². The summed E-state index contributed by atoms with van der Waals surface area (Å²) < 4.78 is 29.9. The van der Waals surface area contributed by atoms with E-state index < -0.39 is 22.0 Å². The highest BCUT2D eigenvalue weighted by molar-refractivity contribution is 7.85. The standard InChI is InChI=1S/C12H18O4S/c1-12(2,3)10-6-4-9(5-7-10)11(13)8-17(14,15)16/h4-7,11,13H,8H2,1-3H3,(H,14,15,16). The van der Waals surface area contributed by atoms with Crippen molar-refractivity contribution in [1.29, 1.82) is 0 Å². The average molecular weight is 258 g/mol. The summed E-state index contributed by atoms with van der Waals surface area (Å²) in [5.41, 5.74) is 1.59. The molecule has 0 amide bonds. The molecule has 17 heavy (non-hydrogen) atoms. The van der Waals surface area contributed by atoms with Crippen LogP contribution in [0.1, 0.15) is 38.0 Å². The largest absolute Gasteiger partial charge is 0.387 e. The number of hydrogen-bond donors (Lipinski definition) is 2. The Morgan fingerprint density at radius 3 is 2.00 bits per heavy atom. The van der Waals surface area contributed by atoms with Crippen molar-refractivity contribution < 1.29 is 18.1 Å². The average Bonchev–Trinajstić information content (AvgIpc) is 2.14. The van der Waals surface area contributed by atoms with Gasteiger partial charge in [-0.05, 0) is 16.5 Å². The summed E-state index contributed by atoms with van der Waals surface area (Å²) in [4.78, 5) is 0. The van der Waals surface area contributed by atoms with Crippen LogP contribution in [0.5, 0.6) is 0 Å². The molecule has 0 saturated carbocycles. The molecule has 1 atom stereocenters. The molecule has 0 heterocycles. The summed E-state index contributed by atoms with van der Waals surface area (Å²) in [6.07, 6.45) is -1.20. The fourth-order valence-corrected chi connectivity index (χ4v) is 2.09. The predicted octanol–water partition coefficient (Wildman–Crippen LogP) is 1.91. The minimum absolute atomic E-state index is 0.00649. The summed E-state index contributed by atoms with van der Waals surface area (Å²) in [6.45, 7) is 6.20. The Morgan fingerprint density at radius 2 is 1.65 bits per heavy atom. The molecule has 0 radical (unpaired) electrons. The topological polar surface area (TPSA) is 74.6 Å².